The average molecular weight is 265 g/mol. The Kier molecular flexibility index (Phi) is 5.53. The summed E-state index contributed by atoms with van der Waals surface area (Å²) in [6.07, 6.45) is -0.0816. The van der Waals surface area contributed by atoms with E-state index in [1.54, 1.807) is 19.1 Å². The molecular weight excluding hydrogens is 250 g/mol. The van der Waals surface area contributed by atoms with E-state index in [0.29, 0.717) is 0 Å². The maximum atomic E-state index is 11.6. The lowest BCUT2D eigenvalue weighted by Gasteiger charge is -2.07. The molecule has 2 N–H and O–H groups in total. The number of carbonyl (C=O) groups excluding carboxylic acids is 2. The molecule has 0 aliphatic rings. The van der Waals surface area contributed by atoms with Crippen molar-refractivity contribution in [2.45, 2.75) is 19.8 Å². The van der Waals surface area contributed by atoms with E-state index in [2.05, 4.69) is 5.32 Å². The highest BCUT2D eigenvalue weighted by molar-refractivity contribution is 6.00. The molecule has 1 amide bonds. The van der Waals surface area contributed by atoms with Gasteiger partial charge in [-0.05, 0) is 19.1 Å². The molecule has 0 atom stereocenters. The van der Waals surface area contributed by atoms with Crippen molar-refractivity contribution < 1.29 is 24.2 Å². The van der Waals surface area contributed by atoms with Crippen molar-refractivity contribution >= 4 is 23.5 Å². The van der Waals surface area contributed by atoms with Gasteiger partial charge in [0.05, 0.1) is 24.3 Å². The van der Waals surface area contributed by atoms with Crippen LogP contribution in [-0.4, -0.2) is 29.6 Å². The van der Waals surface area contributed by atoms with Crippen molar-refractivity contribution in [1.29, 1.82) is 0 Å². The summed E-state index contributed by atoms with van der Waals surface area (Å²) in [7, 11) is 0. The standard InChI is InChI=1S/C13H15NO5/c1-2-19-12(16)8-7-11(15)14-10-6-4-3-5-9(10)13(17)18/h3-6H,2,7-8H2,1H3,(H,14,15)(H,17,18). The van der Waals surface area contributed by atoms with Crippen LogP contribution in [0.15, 0.2) is 24.3 Å². The second-order valence-corrected chi connectivity index (χ2v) is 3.70. The largest absolute Gasteiger partial charge is 0.478 e. The topological polar surface area (TPSA) is 92.7 Å². The van der Waals surface area contributed by atoms with Gasteiger partial charge in [-0.15, -0.1) is 0 Å². The van der Waals surface area contributed by atoms with Crippen molar-refractivity contribution in [3.8, 4) is 0 Å². The van der Waals surface area contributed by atoms with E-state index >= 15 is 0 Å². The van der Waals surface area contributed by atoms with Gasteiger partial charge in [0.1, 0.15) is 0 Å². The van der Waals surface area contributed by atoms with Crippen LogP contribution in [0.2, 0.25) is 0 Å². The summed E-state index contributed by atoms with van der Waals surface area (Å²) in [5.74, 6) is -2.01. The molecule has 6 nitrogen and oxygen atoms in total. The minimum Gasteiger partial charge on any atom is -0.478 e. The van der Waals surface area contributed by atoms with Crippen molar-refractivity contribution in [1.82, 2.24) is 0 Å². The summed E-state index contributed by atoms with van der Waals surface area (Å²) in [5.41, 5.74) is 0.218. The number of anilines is 1. The fourth-order valence-electron chi connectivity index (χ4n) is 1.44. The zero-order chi connectivity index (χ0) is 14.3. The maximum Gasteiger partial charge on any atom is 0.337 e. The number of aromatic carboxylic acids is 1. The molecular formula is C13H15NO5. The molecule has 0 saturated carbocycles. The second-order valence-electron chi connectivity index (χ2n) is 3.70. The third-order valence-electron chi connectivity index (χ3n) is 2.29. The van der Waals surface area contributed by atoms with Crippen LogP contribution in [0.4, 0.5) is 5.69 Å². The lowest BCUT2D eigenvalue weighted by Crippen LogP contribution is -2.16. The Morgan fingerprint density at radius 1 is 1.21 bits per heavy atom. The molecule has 19 heavy (non-hydrogen) atoms. The van der Waals surface area contributed by atoms with Crippen LogP contribution in [0.3, 0.4) is 0 Å². The summed E-state index contributed by atoms with van der Waals surface area (Å²) in [5, 5.41) is 11.4. The first-order chi connectivity index (χ1) is 9.04. The predicted octanol–water partition coefficient (Wildman–Crippen LogP) is 1.67. The molecule has 0 saturated heterocycles. The lowest BCUT2D eigenvalue weighted by atomic mass is 10.1. The second kappa shape index (κ2) is 7.15. The minimum atomic E-state index is -1.12. The number of nitrogens with one attached hydrogen (secondary N) is 1. The minimum absolute atomic E-state index is 0.00647. The third-order valence-corrected chi connectivity index (χ3v) is 2.29. The molecule has 0 aliphatic carbocycles. The Labute approximate surface area is 110 Å². The molecule has 0 unspecified atom stereocenters. The maximum absolute atomic E-state index is 11.6. The predicted molar refractivity (Wildman–Crippen MR) is 67.9 cm³/mol. The first-order valence-corrected chi connectivity index (χ1v) is 5.82. The monoisotopic (exact) mass is 265 g/mol. The molecule has 0 fully saturated rings. The summed E-state index contributed by atoms with van der Waals surface area (Å²) < 4.78 is 4.69. The Bertz CT molecular complexity index is 484. The Balaban J connectivity index is 2.58. The van der Waals surface area contributed by atoms with Gasteiger partial charge >= 0.3 is 11.9 Å². The highest BCUT2D eigenvalue weighted by Crippen LogP contribution is 2.15. The van der Waals surface area contributed by atoms with Gasteiger partial charge in [-0.3, -0.25) is 9.59 Å². The van der Waals surface area contributed by atoms with E-state index in [0.717, 1.165) is 0 Å². The summed E-state index contributed by atoms with van der Waals surface area (Å²) >= 11 is 0. The number of hydrogen-bond acceptors (Lipinski definition) is 4. The van der Waals surface area contributed by atoms with Crippen molar-refractivity contribution in [2.24, 2.45) is 0 Å². The Morgan fingerprint density at radius 2 is 1.89 bits per heavy atom. The van der Waals surface area contributed by atoms with Gasteiger partial charge in [0.15, 0.2) is 0 Å². The van der Waals surface area contributed by atoms with Crippen LogP contribution in [0.25, 0.3) is 0 Å². The Hall–Kier alpha value is -2.37. The molecule has 0 aromatic heterocycles. The zero-order valence-electron chi connectivity index (χ0n) is 10.5. The molecule has 0 radical (unpaired) electrons. The van der Waals surface area contributed by atoms with E-state index in [4.69, 9.17) is 9.84 Å². The van der Waals surface area contributed by atoms with Gasteiger partial charge in [-0.25, -0.2) is 4.79 Å². The first-order valence-electron chi connectivity index (χ1n) is 5.82. The summed E-state index contributed by atoms with van der Waals surface area (Å²) in [4.78, 5) is 33.6. The molecule has 0 heterocycles. The normalized spacial score (nSPS) is 9.74. The van der Waals surface area contributed by atoms with Crippen LogP contribution in [0.1, 0.15) is 30.1 Å². The number of hydrogen-bond donors (Lipinski definition) is 2. The van der Waals surface area contributed by atoms with Gasteiger partial charge in [0.2, 0.25) is 5.91 Å². The molecule has 6 heteroatoms. The fraction of sp³-hybridized carbons (Fsp3) is 0.308. The highest BCUT2D eigenvalue weighted by atomic mass is 16.5. The van der Waals surface area contributed by atoms with Gasteiger partial charge in [-0.2, -0.15) is 0 Å². The number of carboxylic acid groups (broad SMARTS) is 1. The number of carbonyl (C=O) groups is 3. The summed E-state index contributed by atoms with van der Waals surface area (Å²) in [6.45, 7) is 1.95. The van der Waals surface area contributed by atoms with Crippen LogP contribution >= 0.6 is 0 Å². The first kappa shape index (κ1) is 14.7. The number of esters is 1. The molecule has 102 valence electrons. The number of carboxylic acids is 1. The molecule has 0 spiro atoms. The quantitative estimate of drug-likeness (QED) is 0.763. The van der Waals surface area contributed by atoms with Crippen LogP contribution in [0.5, 0.6) is 0 Å². The summed E-state index contributed by atoms with van der Waals surface area (Å²) in [6, 6.07) is 6.07. The van der Waals surface area contributed by atoms with E-state index in [-0.39, 0.29) is 30.7 Å². The molecule has 0 bridgehead atoms. The molecule has 1 aromatic carbocycles. The zero-order valence-corrected chi connectivity index (χ0v) is 10.5. The van der Waals surface area contributed by atoms with Crippen molar-refractivity contribution in [3.63, 3.8) is 0 Å². The average Bonchev–Trinajstić information content (AvgIpc) is 2.37. The van der Waals surface area contributed by atoms with Gasteiger partial charge in [-0.1, -0.05) is 12.1 Å². The lowest BCUT2D eigenvalue weighted by molar-refractivity contribution is -0.144. The number of benzene rings is 1. The molecule has 1 rings (SSSR count). The fourth-order valence-corrected chi connectivity index (χ4v) is 1.44. The van der Waals surface area contributed by atoms with E-state index in [1.165, 1.54) is 12.1 Å². The van der Waals surface area contributed by atoms with Crippen LogP contribution in [-0.2, 0) is 14.3 Å². The Morgan fingerprint density at radius 3 is 2.53 bits per heavy atom. The van der Waals surface area contributed by atoms with Crippen molar-refractivity contribution in [3.05, 3.63) is 29.8 Å². The van der Waals surface area contributed by atoms with Gasteiger partial charge < -0.3 is 15.2 Å². The smallest absolute Gasteiger partial charge is 0.337 e. The van der Waals surface area contributed by atoms with Gasteiger partial charge in [0, 0.05) is 6.42 Å². The molecule has 1 aromatic rings. The van der Waals surface area contributed by atoms with E-state index in [1.807, 2.05) is 0 Å². The SMILES string of the molecule is CCOC(=O)CCC(=O)Nc1ccccc1C(=O)O. The van der Waals surface area contributed by atoms with Gasteiger partial charge in [0.25, 0.3) is 0 Å². The highest BCUT2D eigenvalue weighted by Gasteiger charge is 2.12. The van der Waals surface area contributed by atoms with Crippen LogP contribution in [0, 0.1) is 0 Å². The van der Waals surface area contributed by atoms with E-state index < -0.39 is 17.8 Å². The number of amides is 1. The number of rotatable bonds is 6. The van der Waals surface area contributed by atoms with Crippen LogP contribution < -0.4 is 5.32 Å². The molecule has 0 aliphatic heterocycles. The third kappa shape index (κ3) is 4.79. The van der Waals surface area contributed by atoms with E-state index in [9.17, 15) is 14.4 Å². The number of ether oxygens (including phenoxy) is 1. The number of para-hydroxylation sites is 1. The van der Waals surface area contributed by atoms with Crippen molar-refractivity contribution in [2.75, 3.05) is 11.9 Å².